The van der Waals surface area contributed by atoms with Crippen molar-refractivity contribution in [2.75, 3.05) is 19.6 Å². The van der Waals surface area contributed by atoms with Crippen LogP contribution in [0.2, 0.25) is 0 Å². The largest absolute Gasteiger partial charge is 0.353 e. The zero-order valence-corrected chi connectivity index (χ0v) is 14.7. The molecular weight excluding hydrogens is 336 g/mol. The molecule has 6 nitrogen and oxygen atoms in total. The van der Waals surface area contributed by atoms with Crippen LogP contribution < -0.4 is 5.32 Å². The number of benzene rings is 1. The topological polar surface area (TPSA) is 66.7 Å². The minimum absolute atomic E-state index is 0.107. The molecule has 0 aliphatic carbocycles. The van der Waals surface area contributed by atoms with Gasteiger partial charge in [-0.2, -0.15) is 0 Å². The molecule has 0 radical (unpaired) electrons. The lowest BCUT2D eigenvalue weighted by Gasteiger charge is -2.26. The van der Waals surface area contributed by atoms with Crippen molar-refractivity contribution < 1.29 is 9.59 Å². The van der Waals surface area contributed by atoms with Gasteiger partial charge in [0.15, 0.2) is 4.96 Å². The number of carbonyl (C=O) groups excluding carboxylic acids is 2. The molecule has 0 saturated carbocycles. The number of hydrogen-bond acceptors (Lipinski definition) is 4. The number of piperazine rings is 1. The van der Waals surface area contributed by atoms with Crippen molar-refractivity contribution in [1.29, 1.82) is 0 Å². The number of hydrogen-bond donors (Lipinski definition) is 1. The van der Waals surface area contributed by atoms with Gasteiger partial charge in [-0.25, -0.2) is 4.98 Å². The molecule has 2 aromatic heterocycles. The van der Waals surface area contributed by atoms with Gasteiger partial charge in [0.05, 0.1) is 12.2 Å². The molecule has 1 N–H and O–H groups in total. The Kier molecular flexibility index (Phi) is 4.01. The molecule has 25 heavy (non-hydrogen) atoms. The average Bonchev–Trinajstić information content (AvgIpc) is 3.22. The van der Waals surface area contributed by atoms with E-state index in [4.69, 9.17) is 0 Å². The molecule has 1 aliphatic rings. The average molecular weight is 354 g/mol. The van der Waals surface area contributed by atoms with Crippen molar-refractivity contribution in [3.8, 4) is 11.3 Å². The van der Waals surface area contributed by atoms with Crippen LogP contribution in [-0.2, 0) is 11.2 Å². The molecule has 3 aromatic rings. The van der Waals surface area contributed by atoms with E-state index >= 15 is 0 Å². The van der Waals surface area contributed by atoms with Crippen molar-refractivity contribution in [3.63, 3.8) is 0 Å². The highest BCUT2D eigenvalue weighted by Gasteiger charge is 2.25. The third kappa shape index (κ3) is 2.91. The Morgan fingerprint density at radius 2 is 2.12 bits per heavy atom. The Morgan fingerprint density at radius 3 is 2.84 bits per heavy atom. The van der Waals surface area contributed by atoms with E-state index in [9.17, 15) is 9.59 Å². The number of nitrogens with one attached hydrogen (secondary N) is 1. The summed E-state index contributed by atoms with van der Waals surface area (Å²) in [6, 6.07) is 8.31. The van der Waals surface area contributed by atoms with E-state index in [1.54, 1.807) is 10.3 Å². The molecular formula is C18H18N4O2S. The van der Waals surface area contributed by atoms with E-state index in [0.29, 0.717) is 18.8 Å². The molecule has 4 rings (SSSR count). The molecule has 0 unspecified atom stereocenters. The van der Waals surface area contributed by atoms with Crippen LogP contribution in [0.25, 0.3) is 16.2 Å². The predicted molar refractivity (Wildman–Crippen MR) is 96.8 cm³/mol. The summed E-state index contributed by atoms with van der Waals surface area (Å²) < 4.78 is 1.82. The van der Waals surface area contributed by atoms with E-state index in [0.717, 1.165) is 22.6 Å². The Bertz CT molecular complexity index is 942. The first-order valence-electron chi connectivity index (χ1n) is 8.27. The van der Waals surface area contributed by atoms with Gasteiger partial charge in [-0.3, -0.25) is 14.0 Å². The summed E-state index contributed by atoms with van der Waals surface area (Å²) in [6.45, 7) is 3.26. The first-order valence-corrected chi connectivity index (χ1v) is 9.15. The van der Waals surface area contributed by atoms with Crippen molar-refractivity contribution >= 4 is 28.1 Å². The summed E-state index contributed by atoms with van der Waals surface area (Å²) in [6.07, 6.45) is 2.89. The molecule has 1 fully saturated rings. The summed E-state index contributed by atoms with van der Waals surface area (Å²) in [7, 11) is 0. The SMILES string of the molecule is CCc1ccc(-c2cn3c(C(=O)N4CCNC(=O)C4)csc3n2)cc1. The second-order valence-corrected chi connectivity index (χ2v) is 6.86. The molecule has 1 saturated heterocycles. The first-order chi connectivity index (χ1) is 12.2. The standard InChI is InChI=1S/C18H18N4O2S/c1-2-12-3-5-13(6-4-12)14-9-22-15(11-25-18(22)20-14)17(24)21-8-7-19-16(23)10-21/h3-6,9,11H,2,7-8,10H2,1H3,(H,19,23). The number of carbonyl (C=O) groups is 2. The molecule has 7 heteroatoms. The van der Waals surface area contributed by atoms with E-state index in [-0.39, 0.29) is 18.4 Å². The Morgan fingerprint density at radius 1 is 1.32 bits per heavy atom. The first kappa shape index (κ1) is 15.8. The Balaban J connectivity index is 1.65. The predicted octanol–water partition coefficient (Wildman–Crippen LogP) is 2.20. The van der Waals surface area contributed by atoms with Crippen LogP contribution >= 0.6 is 11.3 Å². The number of thiazole rings is 1. The molecule has 2 amide bonds. The molecule has 1 aliphatic heterocycles. The third-order valence-corrected chi connectivity index (χ3v) is 5.25. The number of aromatic nitrogens is 2. The van der Waals surface area contributed by atoms with Crippen molar-refractivity contribution in [1.82, 2.24) is 19.6 Å². The fourth-order valence-corrected chi connectivity index (χ4v) is 3.81. The molecule has 0 bridgehead atoms. The maximum absolute atomic E-state index is 12.8. The van der Waals surface area contributed by atoms with Gasteiger partial charge in [-0.1, -0.05) is 31.2 Å². The highest BCUT2D eigenvalue weighted by molar-refractivity contribution is 7.15. The van der Waals surface area contributed by atoms with Crippen LogP contribution in [0.15, 0.2) is 35.8 Å². The van der Waals surface area contributed by atoms with Crippen molar-refractivity contribution in [3.05, 3.63) is 47.1 Å². The van der Waals surface area contributed by atoms with Gasteiger partial charge in [-0.05, 0) is 12.0 Å². The second kappa shape index (κ2) is 6.33. The fraction of sp³-hybridized carbons (Fsp3) is 0.278. The zero-order valence-electron chi connectivity index (χ0n) is 13.9. The van der Waals surface area contributed by atoms with E-state index < -0.39 is 0 Å². The van der Waals surface area contributed by atoms with Crippen LogP contribution in [-0.4, -0.2) is 45.7 Å². The highest BCUT2D eigenvalue weighted by atomic mass is 32.1. The molecule has 128 valence electrons. The van der Waals surface area contributed by atoms with Gasteiger partial charge >= 0.3 is 0 Å². The summed E-state index contributed by atoms with van der Waals surface area (Å²) in [5.74, 6) is -0.250. The van der Waals surface area contributed by atoms with Gasteiger partial charge in [-0.15, -0.1) is 11.3 Å². The number of imidazole rings is 1. The lowest BCUT2D eigenvalue weighted by atomic mass is 10.1. The van der Waals surface area contributed by atoms with Gasteiger partial charge in [0.1, 0.15) is 5.69 Å². The third-order valence-electron chi connectivity index (χ3n) is 4.41. The summed E-state index contributed by atoms with van der Waals surface area (Å²) in [5.41, 5.74) is 3.71. The van der Waals surface area contributed by atoms with Crippen molar-refractivity contribution in [2.24, 2.45) is 0 Å². The maximum Gasteiger partial charge on any atom is 0.272 e. The van der Waals surface area contributed by atoms with Crippen LogP contribution in [0.1, 0.15) is 23.0 Å². The summed E-state index contributed by atoms with van der Waals surface area (Å²) >= 11 is 1.43. The Labute approximate surface area is 149 Å². The van der Waals surface area contributed by atoms with Gasteiger partial charge in [0.2, 0.25) is 5.91 Å². The van der Waals surface area contributed by atoms with Crippen LogP contribution in [0, 0.1) is 0 Å². The van der Waals surface area contributed by atoms with E-state index in [2.05, 4.69) is 41.5 Å². The van der Waals surface area contributed by atoms with Gasteiger partial charge in [0, 0.05) is 30.2 Å². The monoisotopic (exact) mass is 354 g/mol. The number of fused-ring (bicyclic) bond motifs is 1. The highest BCUT2D eigenvalue weighted by Crippen LogP contribution is 2.25. The summed E-state index contributed by atoms with van der Waals surface area (Å²) in [5, 5.41) is 4.54. The minimum Gasteiger partial charge on any atom is -0.353 e. The van der Waals surface area contributed by atoms with Crippen LogP contribution in [0.4, 0.5) is 0 Å². The maximum atomic E-state index is 12.8. The minimum atomic E-state index is -0.133. The molecule has 3 heterocycles. The fourth-order valence-electron chi connectivity index (χ4n) is 2.96. The van der Waals surface area contributed by atoms with Crippen molar-refractivity contribution in [2.45, 2.75) is 13.3 Å². The van der Waals surface area contributed by atoms with Gasteiger partial charge in [0.25, 0.3) is 5.91 Å². The summed E-state index contributed by atoms with van der Waals surface area (Å²) in [4.78, 5) is 31.3. The number of nitrogens with zero attached hydrogens (tertiary/aromatic N) is 3. The lowest BCUT2D eigenvalue weighted by molar-refractivity contribution is -0.123. The molecule has 1 aromatic carbocycles. The lowest BCUT2D eigenvalue weighted by Crippen LogP contribution is -2.50. The smallest absolute Gasteiger partial charge is 0.272 e. The number of rotatable bonds is 3. The number of amides is 2. The zero-order chi connectivity index (χ0) is 17.4. The molecule has 0 spiro atoms. The van der Waals surface area contributed by atoms with Crippen LogP contribution in [0.3, 0.4) is 0 Å². The van der Waals surface area contributed by atoms with Crippen LogP contribution in [0.5, 0.6) is 0 Å². The Hall–Kier alpha value is -2.67. The molecule has 0 atom stereocenters. The van der Waals surface area contributed by atoms with Gasteiger partial charge < -0.3 is 10.2 Å². The quantitative estimate of drug-likeness (QED) is 0.784. The van der Waals surface area contributed by atoms with E-state index in [1.807, 2.05) is 10.6 Å². The number of aryl methyl sites for hydroxylation is 1. The normalized spacial score (nSPS) is 14.8. The van der Waals surface area contributed by atoms with E-state index in [1.165, 1.54) is 16.9 Å². The second-order valence-electron chi connectivity index (χ2n) is 6.03.